The smallest absolute Gasteiger partial charge is 0.166 e. The standard InChI is InChI=1S/C15H4F9IS/c16-13(17,18)7-3-1-2-5-6-4-8(14(19,20)21)10(25)9(15(22,23)24)12(6)26-11(5)7/h1-4H. The highest BCUT2D eigenvalue weighted by atomic mass is 127. The molecule has 0 aliphatic carbocycles. The van der Waals surface area contributed by atoms with Crippen molar-refractivity contribution < 1.29 is 39.5 Å². The van der Waals surface area contributed by atoms with Crippen molar-refractivity contribution in [1.82, 2.24) is 0 Å². The Morgan fingerprint density at radius 2 is 1.27 bits per heavy atom. The highest BCUT2D eigenvalue weighted by molar-refractivity contribution is 14.1. The fourth-order valence-corrected chi connectivity index (χ4v) is 5.20. The van der Waals surface area contributed by atoms with Crippen molar-refractivity contribution in [2.24, 2.45) is 0 Å². The third kappa shape index (κ3) is 3.12. The van der Waals surface area contributed by atoms with Crippen LogP contribution in [0.1, 0.15) is 16.7 Å². The fourth-order valence-electron chi connectivity index (χ4n) is 2.59. The van der Waals surface area contributed by atoms with Gasteiger partial charge in [-0.2, -0.15) is 39.5 Å². The predicted molar refractivity (Wildman–Crippen MR) is 87.1 cm³/mol. The van der Waals surface area contributed by atoms with Gasteiger partial charge in [0.15, 0.2) is 0 Å². The van der Waals surface area contributed by atoms with Gasteiger partial charge in [-0.3, -0.25) is 0 Å². The van der Waals surface area contributed by atoms with Crippen molar-refractivity contribution in [3.05, 3.63) is 44.5 Å². The van der Waals surface area contributed by atoms with Gasteiger partial charge in [0.25, 0.3) is 0 Å². The number of hydrogen-bond donors (Lipinski definition) is 0. The number of thiophene rings is 1. The summed E-state index contributed by atoms with van der Waals surface area (Å²) >= 11 is 1.12. The summed E-state index contributed by atoms with van der Waals surface area (Å²) in [4.78, 5) is 0. The zero-order valence-electron chi connectivity index (χ0n) is 12.0. The lowest BCUT2D eigenvalue weighted by molar-refractivity contribution is -0.143. The first kappa shape index (κ1) is 19.5. The molecule has 0 N–H and O–H groups in total. The van der Waals surface area contributed by atoms with Gasteiger partial charge in [-0.1, -0.05) is 12.1 Å². The van der Waals surface area contributed by atoms with Gasteiger partial charge in [-0.15, -0.1) is 11.3 Å². The Kier molecular flexibility index (Phi) is 4.41. The van der Waals surface area contributed by atoms with Crippen LogP contribution in [0.15, 0.2) is 24.3 Å². The molecule has 0 spiro atoms. The van der Waals surface area contributed by atoms with E-state index in [4.69, 9.17) is 0 Å². The number of fused-ring (bicyclic) bond motifs is 3. The Morgan fingerprint density at radius 1 is 0.692 bits per heavy atom. The van der Waals surface area contributed by atoms with Crippen LogP contribution in [0, 0.1) is 3.57 Å². The minimum absolute atomic E-state index is 0.190. The van der Waals surface area contributed by atoms with Gasteiger partial charge < -0.3 is 0 Å². The molecule has 0 bridgehead atoms. The van der Waals surface area contributed by atoms with E-state index in [1.165, 1.54) is 0 Å². The normalized spacial score (nSPS) is 13.8. The van der Waals surface area contributed by atoms with Crippen LogP contribution in [0.2, 0.25) is 0 Å². The maximum atomic E-state index is 13.4. The topological polar surface area (TPSA) is 0 Å². The number of benzene rings is 2. The Labute approximate surface area is 156 Å². The Hall–Kier alpha value is -1.24. The predicted octanol–water partition coefficient (Wildman–Crippen LogP) is 7.72. The zero-order valence-corrected chi connectivity index (χ0v) is 15.0. The number of rotatable bonds is 0. The van der Waals surface area contributed by atoms with Gasteiger partial charge in [-0.25, -0.2) is 0 Å². The summed E-state index contributed by atoms with van der Waals surface area (Å²) in [6.07, 6.45) is -15.1. The quantitative estimate of drug-likeness (QED) is 0.213. The zero-order chi connectivity index (χ0) is 19.7. The molecule has 3 aromatic rings. The first-order chi connectivity index (χ1) is 11.7. The molecule has 0 atom stereocenters. The average molecular weight is 514 g/mol. The van der Waals surface area contributed by atoms with E-state index in [9.17, 15) is 39.5 Å². The van der Waals surface area contributed by atoms with E-state index >= 15 is 0 Å². The number of halogens is 10. The first-order valence-electron chi connectivity index (χ1n) is 6.62. The summed E-state index contributed by atoms with van der Waals surface area (Å²) < 4.78 is 117. The van der Waals surface area contributed by atoms with Gasteiger partial charge >= 0.3 is 18.5 Å². The second-order valence-corrected chi connectivity index (χ2v) is 7.37. The summed E-state index contributed by atoms with van der Waals surface area (Å²) in [5, 5.41) is -0.802. The van der Waals surface area contributed by atoms with Crippen LogP contribution in [0.5, 0.6) is 0 Å². The van der Waals surface area contributed by atoms with E-state index in [2.05, 4.69) is 0 Å². The van der Waals surface area contributed by atoms with E-state index in [0.29, 0.717) is 12.1 Å². The van der Waals surface area contributed by atoms with Crippen LogP contribution in [-0.2, 0) is 18.5 Å². The lowest BCUT2D eigenvalue weighted by atomic mass is 10.0. The molecule has 0 fully saturated rings. The van der Waals surface area contributed by atoms with Crippen molar-refractivity contribution in [2.45, 2.75) is 18.5 Å². The van der Waals surface area contributed by atoms with Crippen molar-refractivity contribution in [2.75, 3.05) is 0 Å². The fraction of sp³-hybridized carbons (Fsp3) is 0.200. The maximum absolute atomic E-state index is 13.4. The van der Waals surface area contributed by atoms with Gasteiger partial charge in [0.2, 0.25) is 0 Å². The highest BCUT2D eigenvalue weighted by Gasteiger charge is 2.43. The molecular weight excluding hydrogens is 510 g/mol. The molecule has 0 saturated carbocycles. The van der Waals surface area contributed by atoms with Crippen LogP contribution in [0.3, 0.4) is 0 Å². The molecule has 1 aromatic heterocycles. The van der Waals surface area contributed by atoms with Crippen molar-refractivity contribution in [1.29, 1.82) is 0 Å². The summed E-state index contributed by atoms with van der Waals surface area (Å²) in [5.74, 6) is 0. The van der Waals surface area contributed by atoms with Crippen LogP contribution in [0.25, 0.3) is 20.2 Å². The lowest BCUT2D eigenvalue weighted by Gasteiger charge is -2.16. The molecule has 140 valence electrons. The van der Waals surface area contributed by atoms with E-state index in [1.54, 1.807) is 0 Å². The van der Waals surface area contributed by atoms with E-state index in [-0.39, 0.29) is 16.7 Å². The van der Waals surface area contributed by atoms with E-state index in [1.807, 2.05) is 0 Å². The molecule has 1 heterocycles. The second-order valence-electron chi connectivity index (χ2n) is 5.27. The van der Waals surface area contributed by atoms with Crippen molar-refractivity contribution in [3.63, 3.8) is 0 Å². The monoisotopic (exact) mass is 514 g/mol. The number of alkyl halides is 9. The second kappa shape index (κ2) is 5.88. The summed E-state index contributed by atoms with van der Waals surface area (Å²) in [5.41, 5.74) is -4.29. The third-order valence-electron chi connectivity index (χ3n) is 3.62. The summed E-state index contributed by atoms with van der Waals surface area (Å²) in [6, 6.07) is 3.19. The number of hydrogen-bond acceptors (Lipinski definition) is 1. The minimum atomic E-state index is -5.16. The minimum Gasteiger partial charge on any atom is -0.166 e. The van der Waals surface area contributed by atoms with E-state index < -0.39 is 53.6 Å². The molecule has 0 nitrogen and oxygen atoms in total. The highest BCUT2D eigenvalue weighted by Crippen LogP contribution is 2.50. The Balaban J connectivity index is 2.57. The Morgan fingerprint density at radius 3 is 1.77 bits per heavy atom. The van der Waals surface area contributed by atoms with Crippen molar-refractivity contribution in [3.8, 4) is 0 Å². The van der Waals surface area contributed by atoms with Crippen LogP contribution in [-0.4, -0.2) is 0 Å². The van der Waals surface area contributed by atoms with E-state index in [0.717, 1.165) is 34.7 Å². The molecule has 0 unspecified atom stereocenters. The van der Waals surface area contributed by atoms with Gasteiger partial charge in [-0.05, 0) is 34.7 Å². The SMILES string of the molecule is FC(F)(F)c1cc2c(sc3c(C(F)(F)F)cccc32)c(C(F)(F)F)c1I. The molecular formula is C15H4F9IS. The first-order valence-corrected chi connectivity index (χ1v) is 8.51. The van der Waals surface area contributed by atoms with Gasteiger partial charge in [0.1, 0.15) is 0 Å². The molecule has 0 saturated heterocycles. The molecule has 0 aliphatic rings. The van der Waals surface area contributed by atoms with Gasteiger partial charge in [0, 0.05) is 23.7 Å². The molecule has 26 heavy (non-hydrogen) atoms. The Bertz CT molecular complexity index is 1010. The van der Waals surface area contributed by atoms with Crippen LogP contribution < -0.4 is 0 Å². The summed E-state index contributed by atoms with van der Waals surface area (Å²) in [6.45, 7) is 0. The van der Waals surface area contributed by atoms with Crippen LogP contribution >= 0.6 is 33.9 Å². The third-order valence-corrected chi connectivity index (χ3v) is 6.01. The maximum Gasteiger partial charge on any atom is 0.418 e. The molecule has 0 aliphatic heterocycles. The average Bonchev–Trinajstić information content (AvgIpc) is 2.80. The van der Waals surface area contributed by atoms with Crippen molar-refractivity contribution >= 4 is 54.1 Å². The molecule has 3 rings (SSSR count). The van der Waals surface area contributed by atoms with Gasteiger partial charge in [0.05, 0.1) is 16.7 Å². The van der Waals surface area contributed by atoms with Crippen LogP contribution in [0.4, 0.5) is 39.5 Å². The largest absolute Gasteiger partial charge is 0.418 e. The molecule has 0 radical (unpaired) electrons. The summed E-state index contributed by atoms with van der Waals surface area (Å²) in [7, 11) is 0. The lowest BCUT2D eigenvalue weighted by Crippen LogP contribution is -2.14. The molecule has 0 amide bonds. The molecule has 2 aromatic carbocycles. The molecule has 11 heteroatoms.